The summed E-state index contributed by atoms with van der Waals surface area (Å²) in [7, 11) is 0. The molecule has 0 spiro atoms. The molecular weight excluding hydrogens is 230 g/mol. The number of hydrogen-bond acceptors (Lipinski definition) is 3. The van der Waals surface area contributed by atoms with Gasteiger partial charge in [0.15, 0.2) is 0 Å². The Morgan fingerprint density at radius 3 is 2.89 bits per heavy atom. The molecule has 1 heterocycles. The summed E-state index contributed by atoms with van der Waals surface area (Å²) in [5.74, 6) is -0.0168. The predicted octanol–water partition coefficient (Wildman–Crippen LogP) is 1.50. The molecule has 4 nitrogen and oxygen atoms in total. The monoisotopic (exact) mass is 249 g/mol. The average molecular weight is 249 g/mol. The summed E-state index contributed by atoms with van der Waals surface area (Å²) in [6, 6.07) is 10.0. The molecule has 4 heteroatoms. The molecule has 0 aromatic heterocycles. The van der Waals surface area contributed by atoms with Crippen LogP contribution in [0, 0.1) is 0 Å². The van der Waals surface area contributed by atoms with Gasteiger partial charge >= 0.3 is 0 Å². The first-order chi connectivity index (χ1) is 8.79. The van der Waals surface area contributed by atoms with E-state index in [1.165, 1.54) is 0 Å². The van der Waals surface area contributed by atoms with E-state index in [9.17, 15) is 4.79 Å². The van der Waals surface area contributed by atoms with E-state index in [-0.39, 0.29) is 18.1 Å². The molecule has 0 bridgehead atoms. The first-order valence-electron chi connectivity index (χ1n) is 6.34. The Kier molecular flexibility index (Phi) is 4.73. The lowest BCUT2D eigenvalue weighted by Gasteiger charge is -2.29. The quantitative estimate of drug-likeness (QED) is 0.860. The van der Waals surface area contributed by atoms with Gasteiger partial charge in [-0.05, 0) is 12.0 Å². The first kappa shape index (κ1) is 13.1. The van der Waals surface area contributed by atoms with Crippen molar-refractivity contribution < 1.29 is 14.3 Å². The highest BCUT2D eigenvalue weighted by Gasteiger charge is 2.27. The number of benzene rings is 1. The van der Waals surface area contributed by atoms with Crippen LogP contribution >= 0.6 is 0 Å². The Bertz CT molecular complexity index is 380. The first-order valence-corrected chi connectivity index (χ1v) is 6.34. The molecule has 1 fully saturated rings. The standard InChI is InChI=1S/C14H19NO3/c1-2-13-14(16)15-8-12(18-13)10-17-9-11-6-4-3-5-7-11/h3-7,12-13H,2,8-10H2,1H3,(H,15,16)/t12-,13-/m1/s1. The second-order valence-electron chi connectivity index (χ2n) is 4.40. The molecule has 0 saturated carbocycles. The summed E-state index contributed by atoms with van der Waals surface area (Å²) in [6.45, 7) is 3.55. The fraction of sp³-hybridized carbons (Fsp3) is 0.500. The maximum absolute atomic E-state index is 11.4. The van der Waals surface area contributed by atoms with E-state index in [1.807, 2.05) is 37.3 Å². The normalized spacial score (nSPS) is 23.7. The van der Waals surface area contributed by atoms with E-state index < -0.39 is 0 Å². The molecule has 18 heavy (non-hydrogen) atoms. The van der Waals surface area contributed by atoms with Gasteiger partial charge < -0.3 is 14.8 Å². The van der Waals surface area contributed by atoms with E-state index in [2.05, 4.69) is 5.32 Å². The summed E-state index contributed by atoms with van der Waals surface area (Å²) < 4.78 is 11.3. The molecule has 1 N–H and O–H groups in total. The highest BCUT2D eigenvalue weighted by atomic mass is 16.5. The largest absolute Gasteiger partial charge is 0.374 e. The Balaban J connectivity index is 1.72. The summed E-state index contributed by atoms with van der Waals surface area (Å²) in [5, 5.41) is 2.84. The minimum atomic E-state index is -0.330. The molecule has 1 saturated heterocycles. The van der Waals surface area contributed by atoms with Crippen molar-refractivity contribution in [2.24, 2.45) is 0 Å². The molecule has 98 valence electrons. The smallest absolute Gasteiger partial charge is 0.249 e. The van der Waals surface area contributed by atoms with Crippen LogP contribution in [-0.4, -0.2) is 31.3 Å². The lowest BCUT2D eigenvalue weighted by atomic mass is 10.2. The van der Waals surface area contributed by atoms with Crippen LogP contribution < -0.4 is 5.32 Å². The van der Waals surface area contributed by atoms with Crippen LogP contribution in [0.3, 0.4) is 0 Å². The van der Waals surface area contributed by atoms with Crippen molar-refractivity contribution in [1.82, 2.24) is 5.32 Å². The molecule has 2 rings (SSSR count). The van der Waals surface area contributed by atoms with E-state index >= 15 is 0 Å². The predicted molar refractivity (Wildman–Crippen MR) is 68.1 cm³/mol. The minimum absolute atomic E-state index is 0.0168. The van der Waals surface area contributed by atoms with Crippen molar-refractivity contribution in [2.45, 2.75) is 32.2 Å². The van der Waals surface area contributed by atoms with Crippen LogP contribution in [-0.2, 0) is 20.9 Å². The Hall–Kier alpha value is -1.39. The van der Waals surface area contributed by atoms with Crippen LogP contribution in [0.25, 0.3) is 0 Å². The van der Waals surface area contributed by atoms with Gasteiger partial charge in [-0.1, -0.05) is 37.3 Å². The third kappa shape index (κ3) is 3.55. The molecule has 0 radical (unpaired) electrons. The Labute approximate surface area is 107 Å². The zero-order valence-electron chi connectivity index (χ0n) is 10.6. The number of rotatable bonds is 5. The van der Waals surface area contributed by atoms with Crippen molar-refractivity contribution in [3.63, 3.8) is 0 Å². The van der Waals surface area contributed by atoms with Crippen molar-refractivity contribution in [3.05, 3.63) is 35.9 Å². The van der Waals surface area contributed by atoms with Gasteiger partial charge in [0, 0.05) is 6.54 Å². The SMILES string of the molecule is CC[C@H]1O[C@@H](COCc2ccccc2)CNC1=O. The van der Waals surface area contributed by atoms with Crippen molar-refractivity contribution in [2.75, 3.05) is 13.2 Å². The molecule has 1 aromatic carbocycles. The van der Waals surface area contributed by atoms with Crippen molar-refractivity contribution >= 4 is 5.91 Å². The van der Waals surface area contributed by atoms with Crippen LogP contribution in [0.1, 0.15) is 18.9 Å². The number of nitrogens with one attached hydrogen (secondary N) is 1. The van der Waals surface area contributed by atoms with Crippen LogP contribution in [0.5, 0.6) is 0 Å². The maximum atomic E-state index is 11.4. The number of ether oxygens (including phenoxy) is 2. The molecule has 1 amide bonds. The van der Waals surface area contributed by atoms with Crippen LogP contribution in [0.15, 0.2) is 30.3 Å². The van der Waals surface area contributed by atoms with Gasteiger partial charge in [0.25, 0.3) is 0 Å². The lowest BCUT2D eigenvalue weighted by molar-refractivity contribution is -0.149. The molecule has 2 atom stereocenters. The van der Waals surface area contributed by atoms with Gasteiger partial charge in [-0.3, -0.25) is 4.79 Å². The Morgan fingerprint density at radius 1 is 1.39 bits per heavy atom. The summed E-state index contributed by atoms with van der Waals surface area (Å²) in [5.41, 5.74) is 1.14. The summed E-state index contributed by atoms with van der Waals surface area (Å²) in [6.07, 6.45) is 0.321. The zero-order valence-corrected chi connectivity index (χ0v) is 10.6. The highest BCUT2D eigenvalue weighted by molar-refractivity contribution is 5.81. The Morgan fingerprint density at radius 2 is 2.17 bits per heavy atom. The second kappa shape index (κ2) is 6.52. The highest BCUT2D eigenvalue weighted by Crippen LogP contribution is 2.09. The fourth-order valence-corrected chi connectivity index (χ4v) is 1.93. The van der Waals surface area contributed by atoms with Crippen LogP contribution in [0.2, 0.25) is 0 Å². The number of carbonyl (C=O) groups excluding carboxylic acids is 1. The average Bonchev–Trinajstić information content (AvgIpc) is 2.42. The van der Waals surface area contributed by atoms with Gasteiger partial charge in [0.2, 0.25) is 5.91 Å². The minimum Gasteiger partial charge on any atom is -0.374 e. The number of hydrogen-bond donors (Lipinski definition) is 1. The van der Waals surface area contributed by atoms with E-state index in [0.717, 1.165) is 5.56 Å². The third-order valence-electron chi connectivity index (χ3n) is 2.94. The van der Waals surface area contributed by atoms with Gasteiger partial charge in [0.1, 0.15) is 6.10 Å². The van der Waals surface area contributed by atoms with E-state index in [4.69, 9.17) is 9.47 Å². The van der Waals surface area contributed by atoms with Crippen molar-refractivity contribution in [1.29, 1.82) is 0 Å². The summed E-state index contributed by atoms with van der Waals surface area (Å²) in [4.78, 5) is 11.4. The van der Waals surface area contributed by atoms with Gasteiger partial charge in [-0.15, -0.1) is 0 Å². The van der Waals surface area contributed by atoms with E-state index in [0.29, 0.717) is 26.2 Å². The molecule has 1 aromatic rings. The van der Waals surface area contributed by atoms with Gasteiger partial charge in [-0.2, -0.15) is 0 Å². The number of morpholine rings is 1. The molecular formula is C14H19NO3. The van der Waals surface area contributed by atoms with E-state index in [1.54, 1.807) is 0 Å². The zero-order chi connectivity index (χ0) is 12.8. The summed E-state index contributed by atoms with van der Waals surface area (Å²) >= 11 is 0. The van der Waals surface area contributed by atoms with Crippen LogP contribution in [0.4, 0.5) is 0 Å². The van der Waals surface area contributed by atoms with Gasteiger partial charge in [0.05, 0.1) is 19.3 Å². The number of amides is 1. The van der Waals surface area contributed by atoms with Gasteiger partial charge in [-0.25, -0.2) is 0 Å². The topological polar surface area (TPSA) is 47.6 Å². The van der Waals surface area contributed by atoms with Crippen molar-refractivity contribution in [3.8, 4) is 0 Å². The fourth-order valence-electron chi connectivity index (χ4n) is 1.93. The maximum Gasteiger partial charge on any atom is 0.249 e. The second-order valence-corrected chi connectivity index (χ2v) is 4.40. The third-order valence-corrected chi connectivity index (χ3v) is 2.94. The molecule has 0 unspecified atom stereocenters. The lowest BCUT2D eigenvalue weighted by Crippen LogP contribution is -2.50. The molecule has 1 aliphatic heterocycles. The molecule has 0 aliphatic carbocycles. The molecule has 1 aliphatic rings. The number of carbonyl (C=O) groups is 1.